The largest absolute Gasteiger partial charge is 0.379 e. The molecule has 0 bridgehead atoms. The second kappa shape index (κ2) is 8.06. The minimum absolute atomic E-state index is 0.0472. The van der Waals surface area contributed by atoms with Gasteiger partial charge in [0.15, 0.2) is 5.17 Å². The lowest BCUT2D eigenvalue weighted by molar-refractivity contribution is -0.00865. The molecule has 1 unspecified atom stereocenters. The molecule has 1 atom stereocenters. The molecule has 3 N–H and O–H groups in total. The first kappa shape index (κ1) is 21.2. The zero-order chi connectivity index (χ0) is 21.2. The number of alkyl halides is 2. The number of nitrogens with zero attached hydrogens (tertiary/aromatic N) is 2. The molecular weight excluding hydrogens is 401 g/mol. The van der Waals surface area contributed by atoms with Crippen molar-refractivity contribution in [3.8, 4) is 0 Å². The fraction of sp³-hybridized carbons (Fsp3) is 0.350. The number of halogens is 3. The van der Waals surface area contributed by atoms with Crippen molar-refractivity contribution in [1.82, 2.24) is 4.98 Å². The summed E-state index contributed by atoms with van der Waals surface area (Å²) in [5, 5.41) is 3.00. The van der Waals surface area contributed by atoms with Crippen molar-refractivity contribution in [2.75, 3.05) is 11.1 Å². The number of anilines is 1. The number of amides is 1. The van der Waals surface area contributed by atoms with Crippen molar-refractivity contribution in [3.05, 3.63) is 59.2 Å². The monoisotopic (exact) mass is 422 g/mol. The summed E-state index contributed by atoms with van der Waals surface area (Å²) in [7, 11) is 0. The van der Waals surface area contributed by atoms with Gasteiger partial charge in [-0.15, -0.1) is 0 Å². The number of pyridine rings is 1. The highest BCUT2D eigenvalue weighted by atomic mass is 32.2. The average molecular weight is 422 g/mol. The molecule has 1 amide bonds. The summed E-state index contributed by atoms with van der Waals surface area (Å²) in [4.78, 5) is 20.7. The quantitative estimate of drug-likeness (QED) is 0.736. The summed E-state index contributed by atoms with van der Waals surface area (Å²) < 4.78 is 41.6. The Morgan fingerprint density at radius 3 is 2.72 bits per heavy atom. The standard InChI is InChI=1S/C20H21F3N4OS/c1-3-20(22,23)12-4-5-16(25-11-12)17(28)26-15-9-13(8-14(21)10-15)19(2)6-7-29-18(24)27-19/h4-5,8-11H,3,6-7H2,1-2H3,(H2,24,27)(H,26,28). The van der Waals surface area contributed by atoms with E-state index in [1.54, 1.807) is 6.07 Å². The minimum atomic E-state index is -3.00. The van der Waals surface area contributed by atoms with Crippen LogP contribution in [0.15, 0.2) is 41.5 Å². The number of amidine groups is 1. The van der Waals surface area contributed by atoms with Crippen LogP contribution in [0.25, 0.3) is 0 Å². The number of hydrogen-bond donors (Lipinski definition) is 2. The molecule has 29 heavy (non-hydrogen) atoms. The van der Waals surface area contributed by atoms with Crippen LogP contribution < -0.4 is 11.1 Å². The Kier molecular flexibility index (Phi) is 5.88. The molecule has 1 aromatic carbocycles. The third-order valence-corrected chi connectivity index (χ3v) is 5.63. The molecule has 2 aromatic rings. The second-order valence-corrected chi connectivity index (χ2v) is 8.11. The van der Waals surface area contributed by atoms with Crippen molar-refractivity contribution in [2.24, 2.45) is 10.7 Å². The first-order valence-corrected chi connectivity index (χ1v) is 10.1. The molecular formula is C20H21F3N4OS. The number of benzene rings is 1. The number of thioether (sulfide) groups is 1. The Hall–Kier alpha value is -2.55. The van der Waals surface area contributed by atoms with E-state index in [-0.39, 0.29) is 23.4 Å². The van der Waals surface area contributed by atoms with Crippen LogP contribution >= 0.6 is 11.8 Å². The van der Waals surface area contributed by atoms with Gasteiger partial charge in [0.2, 0.25) is 0 Å². The molecule has 0 fully saturated rings. The zero-order valence-electron chi connectivity index (χ0n) is 16.0. The molecule has 5 nitrogen and oxygen atoms in total. The number of carbonyl (C=O) groups excluding carboxylic acids is 1. The Labute approximate surface area is 171 Å². The van der Waals surface area contributed by atoms with E-state index in [2.05, 4.69) is 15.3 Å². The summed E-state index contributed by atoms with van der Waals surface area (Å²) in [5.74, 6) is -3.41. The number of carbonyl (C=O) groups is 1. The van der Waals surface area contributed by atoms with Crippen LogP contribution in [-0.4, -0.2) is 21.8 Å². The molecule has 9 heteroatoms. The van der Waals surface area contributed by atoms with Crippen LogP contribution in [0.3, 0.4) is 0 Å². The molecule has 0 saturated heterocycles. The molecule has 0 spiro atoms. The van der Waals surface area contributed by atoms with Crippen LogP contribution in [0.2, 0.25) is 0 Å². The molecule has 1 aromatic heterocycles. The summed E-state index contributed by atoms with van der Waals surface area (Å²) in [5.41, 5.74) is 5.63. The number of nitrogens with two attached hydrogens (primary N) is 1. The summed E-state index contributed by atoms with van der Waals surface area (Å²) in [6.07, 6.45) is 1.29. The van der Waals surface area contributed by atoms with Crippen LogP contribution in [-0.2, 0) is 11.5 Å². The molecule has 1 aliphatic heterocycles. The maximum Gasteiger partial charge on any atom is 0.274 e. The summed E-state index contributed by atoms with van der Waals surface area (Å²) in [6, 6.07) is 6.56. The number of rotatable bonds is 5. The lowest BCUT2D eigenvalue weighted by Gasteiger charge is -2.30. The van der Waals surface area contributed by atoms with Crippen LogP contribution in [0.5, 0.6) is 0 Å². The van der Waals surface area contributed by atoms with Gasteiger partial charge < -0.3 is 11.1 Å². The van der Waals surface area contributed by atoms with E-state index in [9.17, 15) is 18.0 Å². The van der Waals surface area contributed by atoms with Gasteiger partial charge >= 0.3 is 0 Å². The third kappa shape index (κ3) is 4.72. The predicted octanol–water partition coefficient (Wildman–Crippen LogP) is 4.64. The van der Waals surface area contributed by atoms with Gasteiger partial charge in [0.1, 0.15) is 11.5 Å². The average Bonchev–Trinajstić information content (AvgIpc) is 2.67. The lowest BCUT2D eigenvalue weighted by atomic mass is 9.89. The van der Waals surface area contributed by atoms with Crippen molar-refractivity contribution >= 4 is 28.5 Å². The van der Waals surface area contributed by atoms with Gasteiger partial charge in [-0.3, -0.25) is 14.8 Å². The Bertz CT molecular complexity index is 949. The third-order valence-electron chi connectivity index (χ3n) is 4.84. The summed E-state index contributed by atoms with van der Waals surface area (Å²) in [6.45, 7) is 3.22. The maximum absolute atomic E-state index is 14.2. The van der Waals surface area contributed by atoms with E-state index < -0.39 is 23.2 Å². The highest BCUT2D eigenvalue weighted by Crippen LogP contribution is 2.36. The molecule has 3 rings (SSSR count). The van der Waals surface area contributed by atoms with Crippen molar-refractivity contribution in [3.63, 3.8) is 0 Å². The molecule has 154 valence electrons. The molecule has 1 aliphatic rings. The smallest absolute Gasteiger partial charge is 0.274 e. The van der Waals surface area contributed by atoms with E-state index in [1.807, 2.05) is 6.92 Å². The Balaban J connectivity index is 1.82. The van der Waals surface area contributed by atoms with Gasteiger partial charge in [-0.1, -0.05) is 18.7 Å². The van der Waals surface area contributed by atoms with E-state index in [4.69, 9.17) is 5.73 Å². The number of nitrogens with one attached hydrogen (secondary N) is 1. The van der Waals surface area contributed by atoms with Crippen molar-refractivity contribution < 1.29 is 18.0 Å². The number of hydrogen-bond acceptors (Lipinski definition) is 5. The van der Waals surface area contributed by atoms with Gasteiger partial charge in [0.05, 0.1) is 5.54 Å². The van der Waals surface area contributed by atoms with Gasteiger partial charge in [-0.25, -0.2) is 13.2 Å². The van der Waals surface area contributed by atoms with Gasteiger partial charge in [-0.2, -0.15) is 0 Å². The first-order valence-electron chi connectivity index (χ1n) is 9.08. The highest BCUT2D eigenvalue weighted by molar-refractivity contribution is 8.13. The van der Waals surface area contributed by atoms with Crippen LogP contribution in [0.1, 0.15) is 48.3 Å². The molecule has 0 aliphatic carbocycles. The number of aliphatic imine (C=N–C) groups is 1. The van der Waals surface area contributed by atoms with Crippen molar-refractivity contribution in [1.29, 1.82) is 0 Å². The summed E-state index contributed by atoms with van der Waals surface area (Å²) >= 11 is 1.44. The molecule has 0 saturated carbocycles. The van der Waals surface area contributed by atoms with Gasteiger partial charge in [0.25, 0.3) is 11.8 Å². The van der Waals surface area contributed by atoms with Crippen LogP contribution in [0.4, 0.5) is 18.9 Å². The van der Waals surface area contributed by atoms with Gasteiger partial charge in [0, 0.05) is 29.6 Å². The SMILES string of the molecule is CCC(F)(F)c1ccc(C(=O)Nc2cc(F)cc(C3(C)CCSC(N)=N3)c2)nc1. The molecule has 0 radical (unpaired) electrons. The Morgan fingerprint density at radius 2 is 2.10 bits per heavy atom. The fourth-order valence-electron chi connectivity index (χ4n) is 3.01. The lowest BCUT2D eigenvalue weighted by Crippen LogP contribution is -2.29. The molecule has 2 heterocycles. The first-order chi connectivity index (χ1) is 13.6. The van der Waals surface area contributed by atoms with E-state index in [0.29, 0.717) is 17.2 Å². The van der Waals surface area contributed by atoms with E-state index >= 15 is 0 Å². The van der Waals surface area contributed by atoms with E-state index in [0.717, 1.165) is 11.9 Å². The topological polar surface area (TPSA) is 80.4 Å². The predicted molar refractivity (Wildman–Crippen MR) is 109 cm³/mol. The maximum atomic E-state index is 14.2. The van der Waals surface area contributed by atoms with E-state index in [1.165, 1.54) is 43.0 Å². The number of aromatic nitrogens is 1. The van der Waals surface area contributed by atoms with Gasteiger partial charge in [-0.05, 0) is 49.2 Å². The zero-order valence-corrected chi connectivity index (χ0v) is 16.8. The Morgan fingerprint density at radius 1 is 1.34 bits per heavy atom. The normalized spacial score (nSPS) is 19.6. The highest BCUT2D eigenvalue weighted by Gasteiger charge is 2.31. The van der Waals surface area contributed by atoms with Crippen molar-refractivity contribution in [2.45, 2.75) is 38.2 Å². The second-order valence-electron chi connectivity index (χ2n) is 7.00. The minimum Gasteiger partial charge on any atom is -0.379 e. The van der Waals surface area contributed by atoms with Crippen LogP contribution in [0, 0.1) is 5.82 Å². The fourth-order valence-corrected chi connectivity index (χ4v) is 3.99.